The fraction of sp³-hybridized carbons (Fsp3) is 0.509. The third-order valence-corrected chi connectivity index (χ3v) is 23.2. The maximum absolute atomic E-state index is 12.0. The van der Waals surface area contributed by atoms with Crippen molar-refractivity contribution in [2.24, 2.45) is 5.92 Å². The first kappa shape index (κ1) is 55.0. The normalized spacial score (nSPS) is 19.4. The highest BCUT2D eigenvalue weighted by Crippen LogP contribution is 2.45. The third kappa shape index (κ3) is 14.6. The number of aliphatic hydroxyl groups is 1. The Hall–Kier alpha value is -3.89. The van der Waals surface area contributed by atoms with E-state index >= 15 is 0 Å². The molecule has 0 saturated carbocycles. The minimum atomic E-state index is -2.91. The number of methoxy groups -OCH3 is 2. The predicted octanol–water partition coefficient (Wildman–Crippen LogP) is 11.6. The molecule has 0 amide bonds. The summed E-state index contributed by atoms with van der Waals surface area (Å²) < 4.78 is 52.1. The number of benzene rings is 4. The first-order valence-corrected chi connectivity index (χ1v) is 29.3. The van der Waals surface area contributed by atoms with Crippen LogP contribution in [0.2, 0.25) is 23.2 Å². The van der Waals surface area contributed by atoms with Crippen LogP contribution in [-0.4, -0.2) is 85.5 Å². The van der Waals surface area contributed by atoms with Crippen molar-refractivity contribution in [2.45, 2.75) is 148 Å². The van der Waals surface area contributed by atoms with Crippen LogP contribution in [0.1, 0.15) is 92.7 Å². The second-order valence-corrected chi connectivity index (χ2v) is 30.2. The van der Waals surface area contributed by atoms with Crippen molar-refractivity contribution in [1.29, 1.82) is 0 Å². The Labute approximate surface area is 411 Å². The average Bonchev–Trinajstić information content (AvgIpc) is 3.56. The van der Waals surface area contributed by atoms with E-state index in [1.165, 1.54) is 10.4 Å². The second kappa shape index (κ2) is 24.3. The molecule has 1 saturated heterocycles. The number of ether oxygens (including phenoxy) is 6. The second-order valence-electron chi connectivity index (χ2n) is 21.1. The number of aliphatic hydroxyl groups excluding tert-OH is 1. The van der Waals surface area contributed by atoms with Gasteiger partial charge in [0.1, 0.15) is 17.1 Å². The molecule has 9 nitrogen and oxygen atoms in total. The zero-order valence-corrected chi connectivity index (χ0v) is 45.4. The Balaban J connectivity index is 1.48. The summed E-state index contributed by atoms with van der Waals surface area (Å²) in [5.74, 6) is 0.511. The molecule has 372 valence electrons. The highest BCUT2D eigenvalue weighted by atomic mass is 28.4. The molecule has 5 atom stereocenters. The average molecular weight is 967 g/mol. The van der Waals surface area contributed by atoms with E-state index in [0.717, 1.165) is 29.0 Å². The van der Waals surface area contributed by atoms with Crippen molar-refractivity contribution in [3.8, 4) is 11.5 Å². The van der Waals surface area contributed by atoms with Gasteiger partial charge in [0.25, 0.3) is 8.32 Å². The summed E-state index contributed by atoms with van der Waals surface area (Å²) in [4.78, 5) is 0. The summed E-state index contributed by atoms with van der Waals surface area (Å²) >= 11 is 0. The quantitative estimate of drug-likeness (QED) is 0.0396. The van der Waals surface area contributed by atoms with Gasteiger partial charge in [-0.2, -0.15) is 0 Å². The molecule has 5 rings (SSSR count). The van der Waals surface area contributed by atoms with Gasteiger partial charge in [-0.25, -0.2) is 0 Å². The molecule has 1 heterocycles. The molecule has 0 radical (unpaired) electrons. The molecular weight excluding hydrogens is 885 g/mol. The van der Waals surface area contributed by atoms with Crippen LogP contribution in [0.4, 0.5) is 0 Å². The largest absolute Gasteiger partial charge is 0.497 e. The van der Waals surface area contributed by atoms with Crippen molar-refractivity contribution in [1.82, 2.24) is 0 Å². The molecule has 1 aliphatic rings. The standard InChI is InChI=1S/C57H82O9Si2/c1-14-46(22-21-38-61-41-44-27-31-47(59-10)32-28-44)52(58)35-36-57(37-39-63-68(55(5,6)7,50-23-17-15-18-24-50)51-25-19-16-20-26-51)53(64-56(8,9)66-57)40-49(65-67(12,13)54(2,3)4)43-62-42-45-29-33-48(60-11)34-30-45/h15-36,46,49,52-53,58H,14,37-43H2,1-13H3/b22-21-,36-35+/t46-,49+,52-,53+,57-/m0/s1. The van der Waals surface area contributed by atoms with Gasteiger partial charge in [-0.3, -0.25) is 0 Å². The first-order valence-electron chi connectivity index (χ1n) is 24.4. The number of hydrogen-bond donors (Lipinski definition) is 1. The predicted molar refractivity (Wildman–Crippen MR) is 281 cm³/mol. The maximum Gasteiger partial charge on any atom is 0.261 e. The molecular formula is C57H82O9Si2. The van der Waals surface area contributed by atoms with Gasteiger partial charge in [0.2, 0.25) is 0 Å². The maximum atomic E-state index is 12.0. The molecule has 1 fully saturated rings. The van der Waals surface area contributed by atoms with E-state index in [2.05, 4.69) is 134 Å². The van der Waals surface area contributed by atoms with Crippen LogP contribution in [0.15, 0.2) is 133 Å². The Morgan fingerprint density at radius 1 is 0.721 bits per heavy atom. The molecule has 11 heteroatoms. The highest BCUT2D eigenvalue weighted by Gasteiger charge is 2.55. The minimum Gasteiger partial charge on any atom is -0.497 e. The minimum absolute atomic E-state index is 0.0400. The van der Waals surface area contributed by atoms with Gasteiger partial charge in [0.05, 0.1) is 59.0 Å². The molecule has 0 aliphatic carbocycles. The van der Waals surface area contributed by atoms with E-state index in [1.54, 1.807) is 14.2 Å². The van der Waals surface area contributed by atoms with Gasteiger partial charge in [-0.05, 0) is 89.2 Å². The summed E-state index contributed by atoms with van der Waals surface area (Å²) in [5, 5.41) is 14.1. The van der Waals surface area contributed by atoms with Crippen molar-refractivity contribution in [2.75, 3.05) is 34.0 Å². The van der Waals surface area contributed by atoms with Crippen LogP contribution in [-0.2, 0) is 41.0 Å². The van der Waals surface area contributed by atoms with Gasteiger partial charge in [0.15, 0.2) is 14.1 Å². The van der Waals surface area contributed by atoms with Crippen LogP contribution < -0.4 is 19.8 Å². The topological polar surface area (TPSA) is 94.1 Å². The molecule has 1 N–H and O–H groups in total. The van der Waals surface area contributed by atoms with Crippen molar-refractivity contribution >= 4 is 27.0 Å². The van der Waals surface area contributed by atoms with Gasteiger partial charge in [-0.15, -0.1) is 0 Å². The van der Waals surface area contributed by atoms with E-state index in [4.69, 9.17) is 37.3 Å². The van der Waals surface area contributed by atoms with Crippen LogP contribution in [0.25, 0.3) is 0 Å². The highest BCUT2D eigenvalue weighted by molar-refractivity contribution is 6.99. The molecule has 0 bridgehead atoms. The van der Waals surface area contributed by atoms with E-state index < -0.39 is 40.2 Å². The summed E-state index contributed by atoms with van der Waals surface area (Å²) in [5.41, 5.74) is 1.12. The summed E-state index contributed by atoms with van der Waals surface area (Å²) in [7, 11) is -1.88. The fourth-order valence-corrected chi connectivity index (χ4v) is 14.8. The lowest BCUT2D eigenvalue weighted by Gasteiger charge is -2.44. The lowest BCUT2D eigenvalue weighted by atomic mass is 9.87. The van der Waals surface area contributed by atoms with Crippen LogP contribution in [0.5, 0.6) is 11.5 Å². The number of hydrogen-bond acceptors (Lipinski definition) is 9. The molecule has 4 aromatic carbocycles. The van der Waals surface area contributed by atoms with Gasteiger partial charge in [-0.1, -0.05) is 158 Å². The third-order valence-electron chi connectivity index (χ3n) is 13.6. The van der Waals surface area contributed by atoms with E-state index in [1.807, 2.05) is 74.5 Å². The van der Waals surface area contributed by atoms with E-state index in [0.29, 0.717) is 45.9 Å². The monoisotopic (exact) mass is 967 g/mol. The fourth-order valence-electron chi connectivity index (χ4n) is 8.90. The van der Waals surface area contributed by atoms with E-state index in [9.17, 15) is 5.11 Å². The molecule has 68 heavy (non-hydrogen) atoms. The Morgan fingerprint density at radius 3 is 1.74 bits per heavy atom. The van der Waals surface area contributed by atoms with E-state index in [-0.39, 0.29) is 22.1 Å². The number of rotatable bonds is 25. The zero-order valence-electron chi connectivity index (χ0n) is 43.4. The van der Waals surface area contributed by atoms with Gasteiger partial charge < -0.3 is 42.4 Å². The van der Waals surface area contributed by atoms with Gasteiger partial charge in [0, 0.05) is 25.4 Å². The Morgan fingerprint density at radius 2 is 1.25 bits per heavy atom. The summed E-state index contributed by atoms with van der Waals surface area (Å²) in [6, 6.07) is 37.3. The van der Waals surface area contributed by atoms with Crippen LogP contribution >= 0.6 is 0 Å². The molecule has 0 spiro atoms. The van der Waals surface area contributed by atoms with Gasteiger partial charge >= 0.3 is 0 Å². The summed E-state index contributed by atoms with van der Waals surface area (Å²) in [6.07, 6.45) is 8.14. The first-order chi connectivity index (χ1) is 32.2. The Kier molecular flexibility index (Phi) is 19.7. The van der Waals surface area contributed by atoms with Crippen LogP contribution in [0.3, 0.4) is 0 Å². The molecule has 1 aliphatic heterocycles. The SMILES string of the molecule is CC[C@@H](/C=C\COCc1ccc(OC)cc1)[C@@H](O)/C=C/[C@@]1(CCO[Si](c2ccccc2)(c2ccccc2)C(C)(C)C)OC(C)(C)O[C@@H]1C[C@H](COCc1ccc(OC)cc1)O[Si](C)(C)C(C)(C)C. The van der Waals surface area contributed by atoms with Crippen molar-refractivity contribution in [3.05, 3.63) is 145 Å². The molecule has 0 unspecified atom stereocenters. The zero-order chi connectivity index (χ0) is 49.6. The lowest BCUT2D eigenvalue weighted by Crippen LogP contribution is -2.66. The lowest BCUT2D eigenvalue weighted by molar-refractivity contribution is -0.158. The molecule has 0 aromatic heterocycles. The van der Waals surface area contributed by atoms with Crippen LogP contribution in [0, 0.1) is 5.92 Å². The van der Waals surface area contributed by atoms with Crippen molar-refractivity contribution < 1.29 is 42.4 Å². The van der Waals surface area contributed by atoms with Crippen molar-refractivity contribution in [3.63, 3.8) is 0 Å². The molecule has 4 aromatic rings. The smallest absolute Gasteiger partial charge is 0.261 e. The Bertz CT molecular complexity index is 2110. The summed E-state index contributed by atoms with van der Waals surface area (Å²) in [6.45, 7) is 26.3.